The summed E-state index contributed by atoms with van der Waals surface area (Å²) in [5, 5.41) is 11.1. The van der Waals surface area contributed by atoms with Gasteiger partial charge in [-0.2, -0.15) is 5.10 Å². The van der Waals surface area contributed by atoms with Gasteiger partial charge in [-0.05, 0) is 47.4 Å². The maximum absolute atomic E-state index is 12.8. The zero-order chi connectivity index (χ0) is 19.3. The summed E-state index contributed by atoms with van der Waals surface area (Å²) >= 11 is 0. The predicted molar refractivity (Wildman–Crippen MR) is 104 cm³/mol. The third kappa shape index (κ3) is 2.54. The molecule has 1 saturated carbocycles. The molecule has 0 spiro atoms. The van der Waals surface area contributed by atoms with Crippen LogP contribution in [0.15, 0.2) is 53.6 Å². The van der Waals surface area contributed by atoms with E-state index in [9.17, 15) is 9.59 Å². The largest absolute Gasteiger partial charge is 0.497 e. The van der Waals surface area contributed by atoms with E-state index >= 15 is 0 Å². The minimum atomic E-state index is -0.504. The molecule has 4 bridgehead atoms. The summed E-state index contributed by atoms with van der Waals surface area (Å²) in [4.78, 5) is 25.5. The van der Waals surface area contributed by atoms with Crippen LogP contribution in [0.3, 0.4) is 0 Å². The minimum absolute atomic E-state index is 0.00307. The molecule has 0 unspecified atom stereocenters. The van der Waals surface area contributed by atoms with Crippen molar-refractivity contribution in [1.29, 1.82) is 0 Å². The zero-order valence-corrected chi connectivity index (χ0v) is 15.3. The molecular weight excluding hydrogens is 356 g/mol. The predicted octanol–water partition coefficient (Wildman–Crippen LogP) is 2.79. The molecule has 0 radical (unpaired) electrons. The highest BCUT2D eigenvalue weighted by molar-refractivity contribution is 5.96. The Labute approximate surface area is 162 Å². The van der Waals surface area contributed by atoms with Gasteiger partial charge in [0.1, 0.15) is 5.75 Å². The molecule has 2 aromatic carbocycles. The molecule has 2 fully saturated rings. The SMILES string of the molecule is COc1ccc(C=NN2C(=O)N[C@H]3[C@H]4c5ccccc5[C@@H]3C[C@@H]4NC2=O)cc1. The summed E-state index contributed by atoms with van der Waals surface area (Å²) in [6.45, 7) is 0. The van der Waals surface area contributed by atoms with Crippen LogP contribution in [-0.4, -0.2) is 42.5 Å². The molecule has 1 heterocycles. The van der Waals surface area contributed by atoms with Gasteiger partial charge in [-0.25, -0.2) is 9.59 Å². The number of nitrogens with one attached hydrogen (secondary N) is 2. The lowest BCUT2D eigenvalue weighted by Crippen LogP contribution is -2.55. The van der Waals surface area contributed by atoms with Crippen LogP contribution in [0.1, 0.15) is 34.9 Å². The molecule has 1 saturated heterocycles. The van der Waals surface area contributed by atoms with Gasteiger partial charge >= 0.3 is 12.1 Å². The number of hydrogen-bond donors (Lipinski definition) is 2. The summed E-state index contributed by atoms with van der Waals surface area (Å²) in [5.41, 5.74) is 3.27. The second-order valence-electron chi connectivity index (χ2n) is 7.36. The molecule has 28 heavy (non-hydrogen) atoms. The Balaban J connectivity index is 1.39. The maximum atomic E-state index is 12.8. The van der Waals surface area contributed by atoms with Gasteiger partial charge in [-0.15, -0.1) is 5.01 Å². The standard InChI is InChI=1S/C21H20N4O3/c1-28-13-8-6-12(7-9-13)11-22-25-20(26)23-17-10-16-14-4-2-3-5-15(14)18(17)19(16)24-21(25)27/h2-9,11,16-19H,10H2,1H3,(H,23,26)(H,24,27)/t16-,17-,18-,19+/m0/s1. The second-order valence-corrected chi connectivity index (χ2v) is 7.36. The fourth-order valence-corrected chi connectivity index (χ4v) is 4.72. The van der Waals surface area contributed by atoms with Crippen LogP contribution in [0.4, 0.5) is 9.59 Å². The number of benzene rings is 2. The number of fused-ring (bicyclic) bond motifs is 2. The average Bonchev–Trinajstić information content (AvgIpc) is 3.20. The molecule has 2 aliphatic carbocycles. The second kappa shape index (κ2) is 6.37. The van der Waals surface area contributed by atoms with Gasteiger partial charge in [0.15, 0.2) is 0 Å². The first-order valence-electron chi connectivity index (χ1n) is 9.33. The number of ether oxygens (including phenoxy) is 1. The first-order valence-corrected chi connectivity index (χ1v) is 9.33. The Hall–Kier alpha value is -3.35. The van der Waals surface area contributed by atoms with Gasteiger partial charge in [0, 0.05) is 23.9 Å². The van der Waals surface area contributed by atoms with Crippen molar-refractivity contribution in [2.75, 3.05) is 7.11 Å². The Bertz CT molecular complexity index is 972. The highest BCUT2D eigenvalue weighted by atomic mass is 16.5. The number of amides is 4. The molecule has 0 aromatic heterocycles. The summed E-state index contributed by atoms with van der Waals surface area (Å²) in [6, 6.07) is 14.4. The van der Waals surface area contributed by atoms with Gasteiger partial charge < -0.3 is 15.4 Å². The van der Waals surface area contributed by atoms with Gasteiger partial charge in [0.25, 0.3) is 0 Å². The number of rotatable bonds is 3. The van der Waals surface area contributed by atoms with E-state index in [2.05, 4.69) is 27.9 Å². The highest BCUT2D eigenvalue weighted by Crippen LogP contribution is 2.53. The van der Waals surface area contributed by atoms with Crippen molar-refractivity contribution in [2.45, 2.75) is 30.3 Å². The molecular formula is C21H20N4O3. The molecule has 142 valence electrons. The summed E-state index contributed by atoms with van der Waals surface area (Å²) in [7, 11) is 1.59. The van der Waals surface area contributed by atoms with Gasteiger partial charge in [0.2, 0.25) is 0 Å². The van der Waals surface area contributed by atoms with E-state index in [1.165, 1.54) is 17.3 Å². The Morgan fingerprint density at radius 3 is 2.50 bits per heavy atom. The van der Waals surface area contributed by atoms with Gasteiger partial charge in [-0.3, -0.25) is 0 Å². The Morgan fingerprint density at radius 1 is 1.04 bits per heavy atom. The first-order chi connectivity index (χ1) is 13.7. The van der Waals surface area contributed by atoms with Crippen LogP contribution in [-0.2, 0) is 0 Å². The van der Waals surface area contributed by atoms with Crippen LogP contribution < -0.4 is 15.4 Å². The van der Waals surface area contributed by atoms with Crippen LogP contribution in [0, 0.1) is 0 Å². The van der Waals surface area contributed by atoms with Crippen molar-refractivity contribution in [3.63, 3.8) is 0 Å². The summed E-state index contributed by atoms with van der Waals surface area (Å²) in [6.07, 6.45) is 2.32. The lowest BCUT2D eigenvalue weighted by atomic mass is 9.88. The molecule has 7 heteroatoms. The van der Waals surface area contributed by atoms with Crippen molar-refractivity contribution in [2.24, 2.45) is 5.10 Å². The van der Waals surface area contributed by atoms with E-state index in [-0.39, 0.29) is 23.9 Å². The molecule has 4 amide bonds. The maximum Gasteiger partial charge on any atom is 0.346 e. The number of urea groups is 2. The third-order valence-electron chi connectivity index (χ3n) is 5.94. The number of imide groups is 1. The number of carbonyl (C=O) groups is 2. The van der Waals surface area contributed by atoms with E-state index in [0.717, 1.165) is 22.7 Å². The molecule has 3 aliphatic rings. The number of nitrogens with zero attached hydrogens (tertiary/aromatic N) is 2. The number of carbonyl (C=O) groups excluding carboxylic acids is 2. The fraction of sp³-hybridized carbons (Fsp3) is 0.286. The van der Waals surface area contributed by atoms with Gasteiger partial charge in [-0.1, -0.05) is 24.3 Å². The van der Waals surface area contributed by atoms with Crippen LogP contribution in [0.5, 0.6) is 5.75 Å². The van der Waals surface area contributed by atoms with Crippen molar-refractivity contribution >= 4 is 18.3 Å². The van der Waals surface area contributed by atoms with Crippen molar-refractivity contribution in [3.8, 4) is 5.75 Å². The van der Waals surface area contributed by atoms with Crippen molar-refractivity contribution in [1.82, 2.24) is 15.6 Å². The van der Waals surface area contributed by atoms with Crippen molar-refractivity contribution < 1.29 is 14.3 Å². The zero-order valence-electron chi connectivity index (χ0n) is 15.3. The first kappa shape index (κ1) is 16.8. The average molecular weight is 376 g/mol. The third-order valence-corrected chi connectivity index (χ3v) is 5.94. The lowest BCUT2D eigenvalue weighted by Gasteiger charge is -2.30. The molecule has 1 aliphatic heterocycles. The summed E-state index contributed by atoms with van der Waals surface area (Å²) < 4.78 is 5.13. The van der Waals surface area contributed by atoms with Crippen LogP contribution >= 0.6 is 0 Å². The monoisotopic (exact) mass is 376 g/mol. The minimum Gasteiger partial charge on any atom is -0.497 e. The van der Waals surface area contributed by atoms with E-state index in [1.54, 1.807) is 19.2 Å². The normalized spacial score (nSPS) is 27.8. The quantitative estimate of drug-likeness (QED) is 0.808. The van der Waals surface area contributed by atoms with Crippen LogP contribution in [0.2, 0.25) is 0 Å². The Kier molecular flexibility index (Phi) is 3.82. The lowest BCUT2D eigenvalue weighted by molar-refractivity contribution is 0.177. The topological polar surface area (TPSA) is 83.0 Å². The van der Waals surface area contributed by atoms with E-state index < -0.39 is 12.1 Å². The fourth-order valence-electron chi connectivity index (χ4n) is 4.72. The number of methoxy groups -OCH3 is 1. The number of hydrazone groups is 1. The van der Waals surface area contributed by atoms with Gasteiger partial charge in [0.05, 0.1) is 13.3 Å². The Morgan fingerprint density at radius 2 is 1.75 bits per heavy atom. The smallest absolute Gasteiger partial charge is 0.346 e. The van der Waals surface area contributed by atoms with Crippen LogP contribution in [0.25, 0.3) is 0 Å². The summed E-state index contributed by atoms with van der Waals surface area (Å²) in [5.74, 6) is 1.06. The molecule has 4 atom stereocenters. The number of hydrogen-bond acceptors (Lipinski definition) is 4. The van der Waals surface area contributed by atoms with E-state index in [1.807, 2.05) is 24.3 Å². The van der Waals surface area contributed by atoms with Crippen molar-refractivity contribution in [3.05, 3.63) is 65.2 Å². The van der Waals surface area contributed by atoms with E-state index in [4.69, 9.17) is 4.74 Å². The molecule has 2 N–H and O–H groups in total. The van der Waals surface area contributed by atoms with E-state index in [0.29, 0.717) is 0 Å². The molecule has 7 nitrogen and oxygen atoms in total. The molecule has 2 aromatic rings. The molecule has 5 rings (SSSR count). The highest BCUT2D eigenvalue weighted by Gasteiger charge is 2.54.